The predicted molar refractivity (Wildman–Crippen MR) is 93.8 cm³/mol. The molecule has 1 aliphatic rings. The number of unbranched alkanes of at least 4 members (excludes halogenated alkanes) is 1. The van der Waals surface area contributed by atoms with Crippen molar-refractivity contribution in [3.05, 3.63) is 0 Å². The Morgan fingerprint density at radius 3 is 2.56 bits per heavy atom. The van der Waals surface area contributed by atoms with E-state index in [-0.39, 0.29) is 11.9 Å². The molecule has 2 unspecified atom stereocenters. The third-order valence-corrected chi connectivity index (χ3v) is 4.21. The van der Waals surface area contributed by atoms with Crippen LogP contribution in [0, 0.1) is 0 Å². The van der Waals surface area contributed by atoms with Gasteiger partial charge in [0.1, 0.15) is 11.6 Å². The van der Waals surface area contributed by atoms with E-state index in [4.69, 9.17) is 10.5 Å². The van der Waals surface area contributed by atoms with Crippen LogP contribution in [0.25, 0.3) is 0 Å². The van der Waals surface area contributed by atoms with E-state index in [1.54, 1.807) is 20.8 Å². The first-order valence-electron chi connectivity index (χ1n) is 9.04. The molecule has 0 aromatic heterocycles. The molecule has 2 N–H and O–H groups in total. The molecular formula is C18H32N2O5. The minimum atomic E-state index is -0.637. The summed E-state index contributed by atoms with van der Waals surface area (Å²) in [5.41, 5.74) is 5.09. The Morgan fingerprint density at radius 2 is 1.96 bits per heavy atom. The van der Waals surface area contributed by atoms with Gasteiger partial charge in [0.05, 0.1) is 7.11 Å². The lowest BCUT2D eigenvalue weighted by atomic mass is 10.0. The van der Waals surface area contributed by atoms with Crippen LogP contribution in [0.2, 0.25) is 0 Å². The van der Waals surface area contributed by atoms with Gasteiger partial charge in [-0.15, -0.1) is 0 Å². The minimum Gasteiger partial charge on any atom is -0.468 e. The summed E-state index contributed by atoms with van der Waals surface area (Å²) >= 11 is 0. The maximum Gasteiger partial charge on any atom is 0.417 e. The monoisotopic (exact) mass is 356 g/mol. The highest BCUT2D eigenvalue weighted by atomic mass is 16.6. The molecule has 1 aliphatic heterocycles. The number of hydrogen-bond acceptors (Lipinski definition) is 6. The van der Waals surface area contributed by atoms with Crippen molar-refractivity contribution < 1.29 is 23.9 Å². The van der Waals surface area contributed by atoms with Crippen molar-refractivity contribution in [1.82, 2.24) is 4.90 Å². The zero-order valence-electron chi connectivity index (χ0n) is 15.9. The van der Waals surface area contributed by atoms with Crippen molar-refractivity contribution in [3.8, 4) is 0 Å². The van der Waals surface area contributed by atoms with Gasteiger partial charge in [-0.05, 0) is 46.5 Å². The van der Waals surface area contributed by atoms with Gasteiger partial charge in [-0.3, -0.25) is 9.59 Å². The summed E-state index contributed by atoms with van der Waals surface area (Å²) in [4.78, 5) is 37.4. The molecule has 7 heteroatoms. The van der Waals surface area contributed by atoms with Gasteiger partial charge in [0.25, 0.3) is 0 Å². The molecule has 1 fully saturated rings. The number of carbonyl (C=O) groups is 3. The maximum absolute atomic E-state index is 12.5. The van der Waals surface area contributed by atoms with E-state index in [1.807, 2.05) is 0 Å². The topological polar surface area (TPSA) is 98.9 Å². The summed E-state index contributed by atoms with van der Waals surface area (Å²) in [6.07, 6.45) is 5.05. The van der Waals surface area contributed by atoms with Crippen LogP contribution in [0.4, 0.5) is 4.79 Å². The van der Waals surface area contributed by atoms with E-state index in [0.717, 1.165) is 32.1 Å². The molecule has 0 saturated carbocycles. The Hall–Kier alpha value is -1.63. The van der Waals surface area contributed by atoms with Gasteiger partial charge in [0.2, 0.25) is 5.91 Å². The molecular weight excluding hydrogens is 324 g/mol. The van der Waals surface area contributed by atoms with E-state index in [0.29, 0.717) is 19.3 Å². The molecule has 144 valence electrons. The number of rotatable bonds is 6. The number of nitrogens with zero attached hydrogens (tertiary/aromatic N) is 1. The molecule has 25 heavy (non-hydrogen) atoms. The van der Waals surface area contributed by atoms with Gasteiger partial charge < -0.3 is 15.2 Å². The molecule has 1 rings (SSSR count). The highest BCUT2D eigenvalue weighted by Gasteiger charge is 2.34. The Bertz CT molecular complexity index is 473. The Kier molecular flexibility index (Phi) is 8.35. The smallest absolute Gasteiger partial charge is 0.417 e. The summed E-state index contributed by atoms with van der Waals surface area (Å²) in [6, 6.07) is -0.776. The molecule has 0 bridgehead atoms. The fraction of sp³-hybridized carbons (Fsp3) is 0.833. The van der Waals surface area contributed by atoms with E-state index in [1.165, 1.54) is 12.0 Å². The number of ether oxygens (including phenoxy) is 2. The summed E-state index contributed by atoms with van der Waals surface area (Å²) < 4.78 is 10.0. The quantitative estimate of drug-likeness (QED) is 0.580. The molecule has 1 saturated heterocycles. The summed E-state index contributed by atoms with van der Waals surface area (Å²) in [5, 5.41) is 0. The number of amides is 2. The zero-order chi connectivity index (χ0) is 19.0. The predicted octanol–water partition coefficient (Wildman–Crippen LogP) is 2.75. The number of hydrogen-bond donors (Lipinski definition) is 1. The summed E-state index contributed by atoms with van der Waals surface area (Å²) in [6.45, 7) is 5.36. The first-order chi connectivity index (χ1) is 11.7. The fourth-order valence-electron chi connectivity index (χ4n) is 2.96. The molecule has 0 aliphatic carbocycles. The van der Waals surface area contributed by atoms with Crippen LogP contribution < -0.4 is 5.73 Å². The van der Waals surface area contributed by atoms with Gasteiger partial charge in [0, 0.05) is 12.5 Å². The van der Waals surface area contributed by atoms with Crippen LogP contribution >= 0.6 is 0 Å². The third kappa shape index (κ3) is 7.42. The fourth-order valence-corrected chi connectivity index (χ4v) is 2.96. The second-order valence-electron chi connectivity index (χ2n) is 7.56. The number of methoxy groups -OCH3 is 1. The van der Waals surface area contributed by atoms with Crippen LogP contribution in [-0.2, 0) is 19.1 Å². The second kappa shape index (κ2) is 9.75. The van der Waals surface area contributed by atoms with Crippen LogP contribution in [0.5, 0.6) is 0 Å². The Balaban J connectivity index is 2.61. The maximum atomic E-state index is 12.5. The number of carbonyl (C=O) groups excluding carboxylic acids is 3. The van der Waals surface area contributed by atoms with Crippen molar-refractivity contribution in [2.24, 2.45) is 5.73 Å². The lowest BCUT2D eigenvalue weighted by molar-refractivity contribution is -0.142. The number of esters is 1. The number of nitrogens with two attached hydrogens (primary N) is 1. The molecule has 0 aromatic rings. The van der Waals surface area contributed by atoms with Crippen molar-refractivity contribution in [2.45, 2.75) is 89.8 Å². The first-order valence-corrected chi connectivity index (χ1v) is 9.04. The Morgan fingerprint density at radius 1 is 1.28 bits per heavy atom. The van der Waals surface area contributed by atoms with Crippen LogP contribution in [0.15, 0.2) is 0 Å². The van der Waals surface area contributed by atoms with Crippen LogP contribution in [0.3, 0.4) is 0 Å². The van der Waals surface area contributed by atoms with Gasteiger partial charge in [-0.25, -0.2) is 9.69 Å². The van der Waals surface area contributed by atoms with Crippen molar-refractivity contribution in [3.63, 3.8) is 0 Å². The zero-order valence-corrected chi connectivity index (χ0v) is 15.9. The third-order valence-electron chi connectivity index (χ3n) is 4.21. The SMILES string of the molecule is COC(=O)C(N)CCCCC1CCCCC(=O)N1C(=O)OC(C)(C)C. The normalized spacial score (nSPS) is 20.0. The highest BCUT2D eigenvalue weighted by Crippen LogP contribution is 2.24. The van der Waals surface area contributed by atoms with Crippen LogP contribution in [0.1, 0.15) is 72.1 Å². The Labute approximate surface area is 150 Å². The van der Waals surface area contributed by atoms with Gasteiger partial charge in [-0.1, -0.05) is 19.3 Å². The largest absolute Gasteiger partial charge is 0.468 e. The van der Waals surface area contributed by atoms with Gasteiger partial charge >= 0.3 is 12.1 Å². The van der Waals surface area contributed by atoms with Crippen molar-refractivity contribution >= 4 is 18.0 Å². The standard InChI is InChI=1S/C18H32N2O5/c1-18(2,3)25-17(23)20-13(10-6-8-12-15(20)21)9-5-7-11-14(19)16(22)24-4/h13-14H,5-12,19H2,1-4H3. The van der Waals surface area contributed by atoms with Gasteiger partial charge in [0.15, 0.2) is 0 Å². The molecule has 2 atom stereocenters. The van der Waals surface area contributed by atoms with Gasteiger partial charge in [-0.2, -0.15) is 0 Å². The number of likely N-dealkylation sites (tertiary alicyclic amines) is 1. The lowest BCUT2D eigenvalue weighted by Gasteiger charge is -2.31. The molecule has 7 nitrogen and oxygen atoms in total. The average molecular weight is 356 g/mol. The summed E-state index contributed by atoms with van der Waals surface area (Å²) in [5.74, 6) is -0.581. The van der Waals surface area contributed by atoms with E-state index in [2.05, 4.69) is 4.74 Å². The summed E-state index contributed by atoms with van der Waals surface area (Å²) in [7, 11) is 1.32. The van der Waals surface area contributed by atoms with E-state index < -0.39 is 23.7 Å². The second-order valence-corrected chi connectivity index (χ2v) is 7.56. The van der Waals surface area contributed by atoms with Crippen molar-refractivity contribution in [2.75, 3.05) is 7.11 Å². The number of imide groups is 1. The molecule has 2 amide bonds. The van der Waals surface area contributed by atoms with Crippen molar-refractivity contribution in [1.29, 1.82) is 0 Å². The molecule has 1 heterocycles. The lowest BCUT2D eigenvalue weighted by Crippen LogP contribution is -2.46. The minimum absolute atomic E-state index is 0.154. The average Bonchev–Trinajstić information content (AvgIpc) is 2.70. The van der Waals surface area contributed by atoms with E-state index in [9.17, 15) is 14.4 Å². The van der Waals surface area contributed by atoms with Crippen LogP contribution in [-0.4, -0.2) is 47.7 Å². The highest BCUT2D eigenvalue weighted by molar-refractivity contribution is 5.92. The molecule has 0 aromatic carbocycles. The van der Waals surface area contributed by atoms with E-state index >= 15 is 0 Å². The first kappa shape index (κ1) is 21.4. The molecule has 0 radical (unpaired) electrons. The molecule has 0 spiro atoms.